The van der Waals surface area contributed by atoms with Crippen LogP contribution in [-0.4, -0.2) is 41.0 Å². The molecule has 0 aliphatic carbocycles. The number of amides is 1. The molecule has 24 heavy (non-hydrogen) atoms. The van der Waals surface area contributed by atoms with Gasteiger partial charge in [-0.25, -0.2) is 8.78 Å². The van der Waals surface area contributed by atoms with Crippen molar-refractivity contribution in [2.75, 3.05) is 13.7 Å². The van der Waals surface area contributed by atoms with Crippen LogP contribution in [-0.2, 0) is 11.3 Å². The molecule has 1 N–H and O–H groups in total. The topological polar surface area (TPSA) is 62.7 Å². The largest absolute Gasteiger partial charge is 0.495 e. The van der Waals surface area contributed by atoms with Gasteiger partial charge in [-0.15, -0.1) is 0 Å². The first-order chi connectivity index (χ1) is 11.4. The van der Waals surface area contributed by atoms with Gasteiger partial charge in [-0.1, -0.05) is 23.2 Å². The summed E-state index contributed by atoms with van der Waals surface area (Å²) in [5.74, 6) is -0.555. The normalized spacial score (nSPS) is 16.8. The standard InChI is InChI=1S/C15H12Cl2F2N2O3/c1-24-8-2-7-10-6(3-20-13(7)12(17)11(8)16)4-21(9(23)5-22)14(10)15(18)19/h2-3,14-15,22H,4-5H2,1H3. The molecular formula is C15H12Cl2F2N2O3. The average molecular weight is 377 g/mol. The van der Waals surface area contributed by atoms with E-state index in [2.05, 4.69) is 4.98 Å². The van der Waals surface area contributed by atoms with Crippen molar-refractivity contribution in [3.63, 3.8) is 0 Å². The number of carbonyl (C=O) groups is 1. The molecule has 0 saturated heterocycles. The number of hydrogen-bond donors (Lipinski definition) is 1. The highest BCUT2D eigenvalue weighted by Crippen LogP contribution is 2.45. The summed E-state index contributed by atoms with van der Waals surface area (Å²) in [6.45, 7) is -0.909. The minimum Gasteiger partial charge on any atom is -0.495 e. The Labute approximate surface area is 145 Å². The highest BCUT2D eigenvalue weighted by molar-refractivity contribution is 6.46. The van der Waals surface area contributed by atoms with Gasteiger partial charge in [0.2, 0.25) is 5.91 Å². The summed E-state index contributed by atoms with van der Waals surface area (Å²) < 4.78 is 32.5. The number of rotatable bonds is 3. The number of pyridine rings is 1. The smallest absolute Gasteiger partial charge is 0.262 e. The quantitative estimate of drug-likeness (QED) is 0.893. The Balaban J connectivity index is 2.30. The zero-order chi connectivity index (χ0) is 17.6. The molecule has 0 bridgehead atoms. The van der Waals surface area contributed by atoms with Gasteiger partial charge in [-0.3, -0.25) is 9.78 Å². The lowest BCUT2D eigenvalue weighted by molar-refractivity contribution is -0.140. The maximum atomic E-state index is 13.7. The second-order valence-corrected chi connectivity index (χ2v) is 6.02. The summed E-state index contributed by atoms with van der Waals surface area (Å²) in [6.07, 6.45) is -1.44. The van der Waals surface area contributed by atoms with Gasteiger partial charge in [0.15, 0.2) is 0 Å². The molecule has 1 unspecified atom stereocenters. The second-order valence-electron chi connectivity index (χ2n) is 5.26. The molecule has 5 nitrogen and oxygen atoms in total. The van der Waals surface area contributed by atoms with Crippen molar-refractivity contribution in [3.8, 4) is 5.75 Å². The number of hydrogen-bond acceptors (Lipinski definition) is 4. The number of ether oxygens (including phenoxy) is 1. The van der Waals surface area contributed by atoms with Crippen molar-refractivity contribution in [1.29, 1.82) is 0 Å². The number of halogens is 4. The number of methoxy groups -OCH3 is 1. The number of aliphatic hydroxyl groups is 1. The van der Waals surface area contributed by atoms with Crippen LogP contribution in [0.1, 0.15) is 17.2 Å². The van der Waals surface area contributed by atoms with E-state index in [1.807, 2.05) is 0 Å². The number of benzene rings is 1. The Morgan fingerprint density at radius 2 is 2.21 bits per heavy atom. The van der Waals surface area contributed by atoms with Gasteiger partial charge >= 0.3 is 0 Å². The van der Waals surface area contributed by atoms with Gasteiger partial charge in [0.25, 0.3) is 6.43 Å². The van der Waals surface area contributed by atoms with E-state index in [0.717, 1.165) is 4.90 Å². The second kappa shape index (κ2) is 6.31. The van der Waals surface area contributed by atoms with Gasteiger partial charge in [0, 0.05) is 18.1 Å². The first-order valence-corrected chi connectivity index (χ1v) is 7.68. The molecule has 1 aliphatic rings. The molecule has 1 aromatic heterocycles. The van der Waals surface area contributed by atoms with Crippen LogP contribution in [0.15, 0.2) is 12.3 Å². The molecular weight excluding hydrogens is 365 g/mol. The molecule has 1 amide bonds. The predicted molar refractivity (Wildman–Crippen MR) is 84.7 cm³/mol. The summed E-state index contributed by atoms with van der Waals surface area (Å²) in [4.78, 5) is 16.9. The maximum Gasteiger partial charge on any atom is 0.262 e. The lowest BCUT2D eigenvalue weighted by Crippen LogP contribution is -2.35. The number of fused-ring (bicyclic) bond motifs is 3. The highest BCUT2D eigenvalue weighted by atomic mass is 35.5. The lowest BCUT2D eigenvalue weighted by Gasteiger charge is -2.24. The van der Waals surface area contributed by atoms with Crippen LogP contribution in [0.25, 0.3) is 10.9 Å². The Kier molecular flexibility index (Phi) is 4.50. The van der Waals surface area contributed by atoms with Crippen LogP contribution < -0.4 is 4.74 Å². The van der Waals surface area contributed by atoms with Gasteiger partial charge in [0.1, 0.15) is 23.4 Å². The van der Waals surface area contributed by atoms with Crippen molar-refractivity contribution in [2.45, 2.75) is 19.0 Å². The zero-order valence-corrected chi connectivity index (χ0v) is 13.9. The maximum absolute atomic E-state index is 13.7. The first-order valence-electron chi connectivity index (χ1n) is 6.92. The number of alkyl halides is 2. The third-order valence-corrected chi connectivity index (χ3v) is 4.86. The summed E-state index contributed by atoms with van der Waals surface area (Å²) in [7, 11) is 1.38. The third kappa shape index (κ3) is 2.47. The number of nitrogens with zero attached hydrogens (tertiary/aromatic N) is 2. The molecule has 0 saturated carbocycles. The summed E-state index contributed by atoms with van der Waals surface area (Å²) in [6, 6.07) is -0.00962. The van der Waals surface area contributed by atoms with Gasteiger partial charge < -0.3 is 14.7 Å². The van der Waals surface area contributed by atoms with E-state index in [1.165, 1.54) is 19.4 Å². The molecule has 3 rings (SSSR count). The molecule has 9 heteroatoms. The molecule has 1 aliphatic heterocycles. The lowest BCUT2D eigenvalue weighted by atomic mass is 10.00. The average Bonchev–Trinajstić information content (AvgIpc) is 2.97. The van der Waals surface area contributed by atoms with E-state index in [9.17, 15) is 13.6 Å². The zero-order valence-electron chi connectivity index (χ0n) is 12.4. The monoisotopic (exact) mass is 376 g/mol. The van der Waals surface area contributed by atoms with Crippen molar-refractivity contribution >= 4 is 40.0 Å². The van der Waals surface area contributed by atoms with Crippen LogP contribution in [0.5, 0.6) is 5.75 Å². The fraction of sp³-hybridized carbons (Fsp3) is 0.333. The van der Waals surface area contributed by atoms with Crippen molar-refractivity contribution in [3.05, 3.63) is 33.4 Å². The molecule has 1 atom stereocenters. The Morgan fingerprint density at radius 3 is 2.79 bits per heavy atom. The highest BCUT2D eigenvalue weighted by Gasteiger charge is 2.41. The van der Waals surface area contributed by atoms with E-state index in [0.29, 0.717) is 10.9 Å². The van der Waals surface area contributed by atoms with Gasteiger partial charge in [0.05, 0.1) is 17.6 Å². The van der Waals surface area contributed by atoms with E-state index in [-0.39, 0.29) is 33.4 Å². The van der Waals surface area contributed by atoms with Crippen LogP contribution in [0.3, 0.4) is 0 Å². The van der Waals surface area contributed by atoms with Crippen LogP contribution >= 0.6 is 23.2 Å². The van der Waals surface area contributed by atoms with E-state index in [1.54, 1.807) is 0 Å². The molecule has 128 valence electrons. The Morgan fingerprint density at radius 1 is 1.50 bits per heavy atom. The van der Waals surface area contributed by atoms with Crippen molar-refractivity contribution in [1.82, 2.24) is 9.88 Å². The minimum absolute atomic E-state index is 0.0603. The SMILES string of the molecule is COc1cc2c3c(cnc2c(Cl)c1Cl)CN(C(=O)CO)C3C(F)F. The summed E-state index contributed by atoms with van der Waals surface area (Å²) >= 11 is 12.3. The van der Waals surface area contributed by atoms with Crippen molar-refractivity contribution in [2.24, 2.45) is 0 Å². The van der Waals surface area contributed by atoms with E-state index < -0.39 is 25.0 Å². The number of carbonyl (C=O) groups excluding carboxylic acids is 1. The predicted octanol–water partition coefficient (Wildman–Crippen LogP) is 3.19. The van der Waals surface area contributed by atoms with E-state index in [4.69, 9.17) is 33.0 Å². The molecule has 0 radical (unpaired) electrons. The Bertz CT molecular complexity index is 832. The van der Waals surface area contributed by atoms with Gasteiger partial charge in [-0.2, -0.15) is 0 Å². The molecule has 0 fully saturated rings. The number of aromatic nitrogens is 1. The van der Waals surface area contributed by atoms with Crippen LogP contribution in [0.4, 0.5) is 8.78 Å². The third-order valence-electron chi connectivity index (χ3n) is 4.02. The van der Waals surface area contributed by atoms with Crippen molar-refractivity contribution < 1.29 is 23.4 Å². The van der Waals surface area contributed by atoms with E-state index >= 15 is 0 Å². The van der Waals surface area contributed by atoms with Crippen LogP contribution in [0, 0.1) is 0 Å². The minimum atomic E-state index is -2.84. The fourth-order valence-electron chi connectivity index (χ4n) is 2.97. The molecule has 1 aromatic carbocycles. The van der Waals surface area contributed by atoms with Gasteiger partial charge in [-0.05, 0) is 17.2 Å². The van der Waals surface area contributed by atoms with Crippen LogP contribution in [0.2, 0.25) is 10.0 Å². The summed E-state index contributed by atoms with van der Waals surface area (Å²) in [5, 5.41) is 9.61. The molecule has 2 aromatic rings. The fourth-order valence-corrected chi connectivity index (χ4v) is 3.43. The molecule has 2 heterocycles. The molecule has 0 spiro atoms. The first kappa shape index (κ1) is 17.1. The Hall–Kier alpha value is -1.70. The summed E-state index contributed by atoms with van der Waals surface area (Å²) in [5.41, 5.74) is 0.967. The number of aliphatic hydroxyl groups excluding tert-OH is 1.